The summed E-state index contributed by atoms with van der Waals surface area (Å²) in [4.78, 5) is 13.4. The Morgan fingerprint density at radius 1 is 1.54 bits per heavy atom. The molecule has 1 aliphatic carbocycles. The molecule has 1 saturated heterocycles. The van der Waals surface area contributed by atoms with Crippen LogP contribution >= 0.6 is 0 Å². The highest BCUT2D eigenvalue weighted by molar-refractivity contribution is 5.82. The van der Waals surface area contributed by atoms with Gasteiger partial charge in [0, 0.05) is 13.1 Å². The second-order valence-corrected chi connectivity index (χ2v) is 5.03. The molecule has 0 aromatic rings. The van der Waals surface area contributed by atoms with Crippen LogP contribution in [0.2, 0.25) is 0 Å². The van der Waals surface area contributed by atoms with Gasteiger partial charge in [0.05, 0.1) is 5.92 Å². The lowest BCUT2D eigenvalue weighted by molar-refractivity contribution is -0.132. The van der Waals surface area contributed by atoms with Crippen LogP contribution in [0.15, 0.2) is 0 Å². The maximum absolute atomic E-state index is 12.6. The molecule has 0 aromatic heterocycles. The number of hydrogen-bond donors (Lipinski definition) is 0. The molecular formula is C10H16FNO. The van der Waals surface area contributed by atoms with Gasteiger partial charge in [-0.1, -0.05) is 13.8 Å². The number of likely N-dealkylation sites (tertiary alicyclic amines) is 1. The third-order valence-electron chi connectivity index (χ3n) is 3.02. The minimum atomic E-state index is -0.851. The average molecular weight is 185 g/mol. The summed E-state index contributed by atoms with van der Waals surface area (Å²) in [5.74, 6) is -0.257. The zero-order valence-corrected chi connectivity index (χ0v) is 8.22. The molecule has 2 rings (SSSR count). The van der Waals surface area contributed by atoms with Crippen molar-refractivity contribution in [2.24, 2.45) is 11.3 Å². The molecule has 2 fully saturated rings. The fourth-order valence-corrected chi connectivity index (χ4v) is 1.95. The van der Waals surface area contributed by atoms with Crippen molar-refractivity contribution in [1.82, 2.24) is 4.90 Å². The van der Waals surface area contributed by atoms with Gasteiger partial charge in [-0.05, 0) is 18.3 Å². The van der Waals surface area contributed by atoms with Gasteiger partial charge in [-0.3, -0.25) is 4.79 Å². The Labute approximate surface area is 78.1 Å². The minimum absolute atomic E-state index is 0.0399. The van der Waals surface area contributed by atoms with Crippen molar-refractivity contribution < 1.29 is 9.18 Å². The topological polar surface area (TPSA) is 20.3 Å². The number of alkyl halides is 1. The number of carbonyl (C=O) groups excluding carboxylic acids is 1. The maximum Gasteiger partial charge on any atom is 0.228 e. The van der Waals surface area contributed by atoms with Crippen molar-refractivity contribution in [2.75, 3.05) is 13.1 Å². The third kappa shape index (κ3) is 1.69. The second kappa shape index (κ2) is 2.69. The first-order valence-electron chi connectivity index (χ1n) is 4.92. The van der Waals surface area contributed by atoms with E-state index in [0.29, 0.717) is 6.42 Å². The molecule has 2 nitrogen and oxygen atoms in total. The van der Waals surface area contributed by atoms with E-state index in [1.807, 2.05) is 4.90 Å². The van der Waals surface area contributed by atoms with Crippen LogP contribution in [0.5, 0.6) is 0 Å². The van der Waals surface area contributed by atoms with Gasteiger partial charge in [-0.15, -0.1) is 0 Å². The lowest BCUT2D eigenvalue weighted by Crippen LogP contribution is -2.32. The van der Waals surface area contributed by atoms with E-state index < -0.39 is 6.17 Å². The standard InChI is InChI=1S/C10H16FNO/c1-10(2)3-4-12(6-10)9(13)7-5-8(7)11/h7-8H,3-6H2,1-2H3. The van der Waals surface area contributed by atoms with Crippen LogP contribution in [0.3, 0.4) is 0 Å². The molecule has 1 aliphatic heterocycles. The molecule has 0 aromatic carbocycles. The van der Waals surface area contributed by atoms with E-state index in [4.69, 9.17) is 0 Å². The number of amides is 1. The van der Waals surface area contributed by atoms with Gasteiger partial charge in [-0.2, -0.15) is 0 Å². The van der Waals surface area contributed by atoms with Gasteiger partial charge in [0.25, 0.3) is 0 Å². The van der Waals surface area contributed by atoms with Crippen LogP contribution in [-0.2, 0) is 4.79 Å². The molecule has 0 spiro atoms. The number of nitrogens with zero attached hydrogens (tertiary/aromatic N) is 1. The second-order valence-electron chi connectivity index (χ2n) is 5.03. The van der Waals surface area contributed by atoms with Crippen molar-refractivity contribution in [1.29, 1.82) is 0 Å². The Hall–Kier alpha value is -0.600. The summed E-state index contributed by atoms with van der Waals surface area (Å²) in [6, 6.07) is 0. The summed E-state index contributed by atoms with van der Waals surface area (Å²) in [5, 5.41) is 0. The third-order valence-corrected chi connectivity index (χ3v) is 3.02. The SMILES string of the molecule is CC1(C)CCN(C(=O)C2CC2F)C1. The molecule has 3 heteroatoms. The van der Waals surface area contributed by atoms with Crippen LogP contribution in [0.25, 0.3) is 0 Å². The summed E-state index contributed by atoms with van der Waals surface area (Å²) >= 11 is 0. The van der Waals surface area contributed by atoms with Gasteiger partial charge >= 0.3 is 0 Å². The van der Waals surface area contributed by atoms with Crippen LogP contribution < -0.4 is 0 Å². The molecule has 2 aliphatic rings. The van der Waals surface area contributed by atoms with Gasteiger partial charge in [0.15, 0.2) is 0 Å². The minimum Gasteiger partial charge on any atom is -0.342 e. The van der Waals surface area contributed by atoms with Crippen LogP contribution in [0.4, 0.5) is 4.39 Å². The smallest absolute Gasteiger partial charge is 0.228 e. The molecule has 0 bridgehead atoms. The molecule has 13 heavy (non-hydrogen) atoms. The van der Waals surface area contributed by atoms with Crippen LogP contribution in [0, 0.1) is 11.3 Å². The quantitative estimate of drug-likeness (QED) is 0.607. The zero-order valence-electron chi connectivity index (χ0n) is 8.22. The van der Waals surface area contributed by atoms with E-state index in [1.165, 1.54) is 0 Å². The highest BCUT2D eigenvalue weighted by Crippen LogP contribution is 2.38. The molecule has 2 unspecified atom stereocenters. The highest BCUT2D eigenvalue weighted by atomic mass is 19.1. The number of rotatable bonds is 1. The molecule has 1 saturated carbocycles. The summed E-state index contributed by atoms with van der Waals surface area (Å²) in [5.41, 5.74) is 0.232. The van der Waals surface area contributed by atoms with Crippen molar-refractivity contribution >= 4 is 5.91 Å². The number of hydrogen-bond acceptors (Lipinski definition) is 1. The Bertz CT molecular complexity index is 239. The van der Waals surface area contributed by atoms with Gasteiger partial charge in [0.1, 0.15) is 6.17 Å². The first-order valence-corrected chi connectivity index (χ1v) is 4.92. The van der Waals surface area contributed by atoms with Crippen LogP contribution in [-0.4, -0.2) is 30.1 Å². The van der Waals surface area contributed by atoms with E-state index in [1.54, 1.807) is 0 Å². The Morgan fingerprint density at radius 3 is 2.54 bits per heavy atom. The van der Waals surface area contributed by atoms with E-state index in [0.717, 1.165) is 19.5 Å². The monoisotopic (exact) mass is 185 g/mol. The Kier molecular flexibility index (Phi) is 1.86. The van der Waals surface area contributed by atoms with E-state index in [-0.39, 0.29) is 17.2 Å². The first-order chi connectivity index (χ1) is 5.99. The maximum atomic E-state index is 12.6. The fraction of sp³-hybridized carbons (Fsp3) is 0.900. The lowest BCUT2D eigenvalue weighted by atomic mass is 9.93. The zero-order chi connectivity index (χ0) is 9.64. The molecule has 0 N–H and O–H groups in total. The van der Waals surface area contributed by atoms with Crippen molar-refractivity contribution in [3.63, 3.8) is 0 Å². The summed E-state index contributed by atoms with van der Waals surface area (Å²) in [7, 11) is 0. The Balaban J connectivity index is 1.93. The Morgan fingerprint density at radius 2 is 2.15 bits per heavy atom. The molecule has 2 atom stereocenters. The van der Waals surface area contributed by atoms with Crippen molar-refractivity contribution in [2.45, 2.75) is 32.9 Å². The number of carbonyl (C=O) groups is 1. The van der Waals surface area contributed by atoms with Gasteiger partial charge < -0.3 is 4.90 Å². The molecular weight excluding hydrogens is 169 g/mol. The average Bonchev–Trinajstić information content (AvgIpc) is 2.64. The predicted octanol–water partition coefficient (Wildman–Crippen LogP) is 1.60. The van der Waals surface area contributed by atoms with E-state index in [9.17, 15) is 9.18 Å². The lowest BCUT2D eigenvalue weighted by Gasteiger charge is -2.19. The van der Waals surface area contributed by atoms with E-state index >= 15 is 0 Å². The van der Waals surface area contributed by atoms with Crippen LogP contribution in [0.1, 0.15) is 26.7 Å². The summed E-state index contributed by atoms with van der Waals surface area (Å²) in [6.07, 6.45) is 0.647. The highest BCUT2D eigenvalue weighted by Gasteiger charge is 2.47. The molecule has 74 valence electrons. The van der Waals surface area contributed by atoms with Gasteiger partial charge in [-0.25, -0.2) is 4.39 Å². The molecule has 1 amide bonds. The van der Waals surface area contributed by atoms with Crippen molar-refractivity contribution in [3.05, 3.63) is 0 Å². The number of halogens is 1. The summed E-state index contributed by atoms with van der Waals surface area (Å²) < 4.78 is 12.6. The molecule has 0 radical (unpaired) electrons. The summed E-state index contributed by atoms with van der Waals surface area (Å²) in [6.45, 7) is 5.92. The predicted molar refractivity (Wildman–Crippen MR) is 48.0 cm³/mol. The van der Waals surface area contributed by atoms with Crippen molar-refractivity contribution in [3.8, 4) is 0 Å². The fourth-order valence-electron chi connectivity index (χ4n) is 1.95. The molecule has 1 heterocycles. The largest absolute Gasteiger partial charge is 0.342 e. The first kappa shape index (κ1) is 8.97. The normalized spacial score (nSPS) is 36.4. The van der Waals surface area contributed by atoms with E-state index in [2.05, 4.69) is 13.8 Å². The van der Waals surface area contributed by atoms with Gasteiger partial charge in [0.2, 0.25) is 5.91 Å².